The van der Waals surface area contributed by atoms with Gasteiger partial charge in [-0.15, -0.1) is 0 Å². The molecule has 0 saturated heterocycles. The SMILES string of the molecule is CN/C=C1/C=C(n2cc3ccc(NCC(F)(F)F)nc3c(-c3ccc(OC(F)F)cc3)c2=O)C=CC1=N. The highest BCUT2D eigenvalue weighted by Gasteiger charge is 2.27. The highest BCUT2D eigenvalue weighted by molar-refractivity contribution is 6.12. The smallest absolute Gasteiger partial charge is 0.405 e. The van der Waals surface area contributed by atoms with E-state index in [9.17, 15) is 26.7 Å². The molecule has 3 N–H and O–H groups in total. The Bertz CT molecular complexity index is 1490. The van der Waals surface area contributed by atoms with Crippen LogP contribution in [0.25, 0.3) is 27.7 Å². The summed E-state index contributed by atoms with van der Waals surface area (Å²) < 4.78 is 69.0. The number of allylic oxidation sites excluding steroid dienone is 5. The Labute approximate surface area is 207 Å². The van der Waals surface area contributed by atoms with Gasteiger partial charge in [-0.25, -0.2) is 4.98 Å². The minimum absolute atomic E-state index is 0.0471. The number of nitrogens with zero attached hydrogens (tertiary/aromatic N) is 2. The average Bonchev–Trinajstić information content (AvgIpc) is 2.84. The number of halogens is 5. The first-order valence-electron chi connectivity index (χ1n) is 10.8. The minimum Gasteiger partial charge on any atom is -0.435 e. The van der Waals surface area contributed by atoms with Crippen molar-refractivity contribution in [2.75, 3.05) is 18.9 Å². The van der Waals surface area contributed by atoms with E-state index in [4.69, 9.17) is 5.41 Å². The molecule has 12 heteroatoms. The van der Waals surface area contributed by atoms with Crippen molar-refractivity contribution >= 4 is 28.1 Å². The van der Waals surface area contributed by atoms with Gasteiger partial charge in [0, 0.05) is 36.1 Å². The molecule has 2 aromatic heterocycles. The van der Waals surface area contributed by atoms with Gasteiger partial charge >= 0.3 is 12.8 Å². The third-order valence-electron chi connectivity index (χ3n) is 5.32. The number of benzene rings is 1. The van der Waals surface area contributed by atoms with Crippen LogP contribution in [-0.4, -0.2) is 41.6 Å². The van der Waals surface area contributed by atoms with Crippen LogP contribution in [0.5, 0.6) is 5.75 Å². The third-order valence-corrected chi connectivity index (χ3v) is 5.32. The van der Waals surface area contributed by atoms with E-state index in [1.54, 1.807) is 25.4 Å². The molecule has 1 aromatic carbocycles. The Kier molecular flexibility index (Phi) is 7.09. The van der Waals surface area contributed by atoms with E-state index in [2.05, 4.69) is 20.4 Å². The number of aromatic nitrogens is 2. The van der Waals surface area contributed by atoms with Crippen molar-refractivity contribution < 1.29 is 26.7 Å². The number of alkyl halides is 5. The van der Waals surface area contributed by atoms with Gasteiger partial charge in [-0.2, -0.15) is 22.0 Å². The summed E-state index contributed by atoms with van der Waals surface area (Å²) in [5.41, 5.74) is 1.09. The minimum atomic E-state index is -4.48. The fourth-order valence-electron chi connectivity index (χ4n) is 3.71. The molecule has 0 bridgehead atoms. The second kappa shape index (κ2) is 10.2. The van der Waals surface area contributed by atoms with Crippen LogP contribution >= 0.6 is 0 Å². The zero-order valence-electron chi connectivity index (χ0n) is 19.2. The zero-order valence-corrected chi connectivity index (χ0v) is 19.2. The maximum absolute atomic E-state index is 13.7. The summed E-state index contributed by atoms with van der Waals surface area (Å²) >= 11 is 0. The molecule has 37 heavy (non-hydrogen) atoms. The van der Waals surface area contributed by atoms with Crippen molar-refractivity contribution in [2.45, 2.75) is 12.8 Å². The van der Waals surface area contributed by atoms with E-state index in [0.29, 0.717) is 22.2 Å². The molecule has 0 spiro atoms. The molecule has 3 aromatic rings. The van der Waals surface area contributed by atoms with Gasteiger partial charge in [0.2, 0.25) is 0 Å². The van der Waals surface area contributed by atoms with Crippen LogP contribution in [0.3, 0.4) is 0 Å². The number of hydrogen-bond donors (Lipinski definition) is 3. The fourth-order valence-corrected chi connectivity index (χ4v) is 3.71. The number of fused-ring (bicyclic) bond motifs is 1. The lowest BCUT2D eigenvalue weighted by atomic mass is 10.0. The summed E-state index contributed by atoms with van der Waals surface area (Å²) in [7, 11) is 1.67. The van der Waals surface area contributed by atoms with Crippen molar-refractivity contribution in [3.63, 3.8) is 0 Å². The Morgan fingerprint density at radius 3 is 2.51 bits per heavy atom. The lowest BCUT2D eigenvalue weighted by Gasteiger charge is -2.17. The molecular formula is C25H20F5N5O2. The maximum Gasteiger partial charge on any atom is 0.405 e. The van der Waals surface area contributed by atoms with E-state index in [1.165, 1.54) is 53.2 Å². The normalized spacial score (nSPS) is 14.8. The summed E-state index contributed by atoms with van der Waals surface area (Å²) in [6, 6.07) is 8.18. The molecule has 192 valence electrons. The highest BCUT2D eigenvalue weighted by atomic mass is 19.4. The van der Waals surface area contributed by atoms with Gasteiger partial charge in [0.15, 0.2) is 0 Å². The molecule has 0 aliphatic heterocycles. The van der Waals surface area contributed by atoms with E-state index in [0.717, 1.165) is 0 Å². The van der Waals surface area contributed by atoms with E-state index >= 15 is 0 Å². The van der Waals surface area contributed by atoms with E-state index in [-0.39, 0.29) is 28.4 Å². The summed E-state index contributed by atoms with van der Waals surface area (Å²) in [6.45, 7) is -4.35. The van der Waals surface area contributed by atoms with Crippen molar-refractivity contribution in [3.05, 3.63) is 82.9 Å². The average molecular weight is 517 g/mol. The summed E-state index contributed by atoms with van der Waals surface area (Å²) in [6.07, 6.45) is 3.35. The molecule has 4 rings (SSSR count). The Hall–Kier alpha value is -4.48. The van der Waals surface area contributed by atoms with Gasteiger partial charge in [0.05, 0.1) is 16.8 Å². The van der Waals surface area contributed by atoms with Gasteiger partial charge in [-0.3, -0.25) is 9.36 Å². The van der Waals surface area contributed by atoms with Gasteiger partial charge in [0.1, 0.15) is 18.1 Å². The molecule has 0 atom stereocenters. The molecule has 0 saturated carbocycles. The number of hydrogen-bond acceptors (Lipinski definition) is 6. The van der Waals surface area contributed by atoms with Crippen LogP contribution in [0, 0.1) is 5.41 Å². The highest BCUT2D eigenvalue weighted by Crippen LogP contribution is 2.29. The zero-order chi connectivity index (χ0) is 26.7. The topological polar surface area (TPSA) is 92.0 Å². The number of anilines is 1. The van der Waals surface area contributed by atoms with Crippen molar-refractivity contribution in [1.29, 1.82) is 5.41 Å². The predicted molar refractivity (Wildman–Crippen MR) is 131 cm³/mol. The van der Waals surface area contributed by atoms with Gasteiger partial charge in [0.25, 0.3) is 5.56 Å². The first-order valence-corrected chi connectivity index (χ1v) is 10.8. The molecule has 2 heterocycles. The van der Waals surface area contributed by atoms with E-state index < -0.39 is 24.9 Å². The van der Waals surface area contributed by atoms with Gasteiger partial charge in [-0.05, 0) is 48.1 Å². The standard InChI is InChI=1S/C25H20F5N5O2/c1-32-11-16-10-17(5-8-19(16)31)35-12-15-4-9-20(33-13-25(28,29)30)34-22(15)21(23(35)36)14-2-6-18(7-3-14)37-24(26)27/h2-12,24,31-32H,13H2,1H3,(H,33,34)/b16-11-,31-19?. The molecule has 0 radical (unpaired) electrons. The van der Waals surface area contributed by atoms with E-state index in [1.807, 2.05) is 0 Å². The molecule has 0 unspecified atom stereocenters. The fraction of sp³-hybridized carbons (Fsp3) is 0.160. The first-order chi connectivity index (χ1) is 17.6. The first kappa shape index (κ1) is 25.6. The molecule has 1 aliphatic rings. The Morgan fingerprint density at radius 2 is 1.86 bits per heavy atom. The second-order valence-electron chi connectivity index (χ2n) is 7.89. The van der Waals surface area contributed by atoms with Gasteiger partial charge < -0.3 is 20.8 Å². The van der Waals surface area contributed by atoms with Crippen molar-refractivity contribution in [1.82, 2.24) is 14.9 Å². The van der Waals surface area contributed by atoms with Gasteiger partial charge in [-0.1, -0.05) is 12.1 Å². The van der Waals surface area contributed by atoms with Crippen molar-refractivity contribution in [2.24, 2.45) is 0 Å². The molecule has 0 fully saturated rings. The van der Waals surface area contributed by atoms with Crippen LogP contribution in [-0.2, 0) is 0 Å². The third kappa shape index (κ3) is 5.85. The molecule has 7 nitrogen and oxygen atoms in total. The largest absolute Gasteiger partial charge is 0.435 e. The quantitative estimate of drug-likeness (QED) is 0.376. The number of nitrogens with one attached hydrogen (secondary N) is 3. The monoisotopic (exact) mass is 517 g/mol. The number of pyridine rings is 2. The summed E-state index contributed by atoms with van der Waals surface area (Å²) in [5.74, 6) is -0.219. The van der Waals surface area contributed by atoms with Crippen LogP contribution in [0.2, 0.25) is 0 Å². The Morgan fingerprint density at radius 1 is 1.14 bits per heavy atom. The summed E-state index contributed by atoms with van der Waals surface area (Å²) in [4.78, 5) is 18.0. The van der Waals surface area contributed by atoms with Crippen molar-refractivity contribution in [3.8, 4) is 16.9 Å². The molecule has 0 amide bonds. The summed E-state index contributed by atoms with van der Waals surface area (Å²) in [5, 5.41) is 13.5. The molecular weight excluding hydrogens is 497 g/mol. The maximum atomic E-state index is 13.7. The van der Waals surface area contributed by atoms with Crippen LogP contribution < -0.4 is 20.9 Å². The second-order valence-corrected chi connectivity index (χ2v) is 7.89. The molecule has 1 aliphatic carbocycles. The van der Waals surface area contributed by atoms with Crippen LogP contribution in [0.4, 0.5) is 27.8 Å². The number of ether oxygens (including phenoxy) is 1. The Balaban J connectivity index is 1.91. The lowest BCUT2D eigenvalue weighted by Crippen LogP contribution is -2.23. The van der Waals surface area contributed by atoms with Crippen LogP contribution in [0.1, 0.15) is 0 Å². The number of rotatable bonds is 7. The van der Waals surface area contributed by atoms with Crippen LogP contribution in [0.15, 0.2) is 77.4 Å². The predicted octanol–water partition coefficient (Wildman–Crippen LogP) is 5.17. The lowest BCUT2D eigenvalue weighted by molar-refractivity contribution is -0.115.